The number of benzene rings is 1. The van der Waals surface area contributed by atoms with Crippen LogP contribution in [0.25, 0.3) is 0 Å². The highest BCUT2D eigenvalue weighted by Gasteiger charge is 2.08. The van der Waals surface area contributed by atoms with Gasteiger partial charge in [0.25, 0.3) is 0 Å². The SMILES string of the molecule is Nc1nc(N)c(CCc2ccccc2)c(N)n1. The number of hydrogen-bond donors (Lipinski definition) is 3. The molecule has 0 fully saturated rings. The molecule has 0 saturated carbocycles. The number of rotatable bonds is 3. The Bertz CT molecular complexity index is 487. The Morgan fingerprint density at radius 1 is 0.824 bits per heavy atom. The second-order valence-electron chi connectivity index (χ2n) is 3.82. The molecule has 1 aromatic carbocycles. The molecular weight excluding hydrogens is 214 g/mol. The largest absolute Gasteiger partial charge is 0.383 e. The summed E-state index contributed by atoms with van der Waals surface area (Å²) in [6, 6.07) is 10.1. The van der Waals surface area contributed by atoms with E-state index in [4.69, 9.17) is 17.2 Å². The number of hydrogen-bond acceptors (Lipinski definition) is 5. The Hall–Kier alpha value is -2.30. The first-order chi connectivity index (χ1) is 8.16. The monoisotopic (exact) mass is 229 g/mol. The molecule has 5 nitrogen and oxygen atoms in total. The van der Waals surface area contributed by atoms with Gasteiger partial charge in [0.1, 0.15) is 11.6 Å². The molecule has 0 aliphatic carbocycles. The molecule has 0 unspecified atom stereocenters. The molecule has 6 N–H and O–H groups in total. The number of anilines is 3. The van der Waals surface area contributed by atoms with E-state index >= 15 is 0 Å². The lowest BCUT2D eigenvalue weighted by molar-refractivity contribution is 0.946. The van der Waals surface area contributed by atoms with Crippen LogP contribution < -0.4 is 17.2 Å². The Morgan fingerprint density at radius 3 is 2.00 bits per heavy atom. The summed E-state index contributed by atoms with van der Waals surface area (Å²) in [6.07, 6.45) is 1.56. The molecule has 1 heterocycles. The van der Waals surface area contributed by atoms with Crippen molar-refractivity contribution in [1.29, 1.82) is 0 Å². The van der Waals surface area contributed by atoms with Crippen molar-refractivity contribution in [3.8, 4) is 0 Å². The smallest absolute Gasteiger partial charge is 0.223 e. The van der Waals surface area contributed by atoms with Crippen LogP contribution >= 0.6 is 0 Å². The number of aryl methyl sites for hydroxylation is 1. The molecule has 0 atom stereocenters. The van der Waals surface area contributed by atoms with Crippen LogP contribution in [0.4, 0.5) is 17.6 Å². The van der Waals surface area contributed by atoms with Crippen LogP contribution in [0.5, 0.6) is 0 Å². The molecule has 88 valence electrons. The van der Waals surface area contributed by atoms with Crippen molar-refractivity contribution in [2.24, 2.45) is 0 Å². The van der Waals surface area contributed by atoms with Gasteiger partial charge >= 0.3 is 0 Å². The van der Waals surface area contributed by atoms with Crippen molar-refractivity contribution in [3.05, 3.63) is 41.5 Å². The standard InChI is InChI=1S/C12H15N5/c13-10-9(11(14)17-12(15)16-10)7-6-8-4-2-1-3-5-8/h1-5H,6-7H2,(H6,13,14,15,16,17). The van der Waals surface area contributed by atoms with Crippen molar-refractivity contribution in [2.45, 2.75) is 12.8 Å². The minimum atomic E-state index is 0.114. The quantitative estimate of drug-likeness (QED) is 0.728. The summed E-state index contributed by atoms with van der Waals surface area (Å²) in [5.41, 5.74) is 19.0. The number of nitrogen functional groups attached to an aromatic ring is 3. The van der Waals surface area contributed by atoms with E-state index in [2.05, 4.69) is 22.1 Å². The van der Waals surface area contributed by atoms with E-state index in [1.807, 2.05) is 18.2 Å². The lowest BCUT2D eigenvalue weighted by Gasteiger charge is -2.08. The van der Waals surface area contributed by atoms with Gasteiger partial charge in [0.15, 0.2) is 0 Å². The van der Waals surface area contributed by atoms with Crippen molar-refractivity contribution in [1.82, 2.24) is 9.97 Å². The van der Waals surface area contributed by atoms with E-state index < -0.39 is 0 Å². The van der Waals surface area contributed by atoms with Gasteiger partial charge in [0.2, 0.25) is 5.95 Å². The number of aromatic nitrogens is 2. The second kappa shape index (κ2) is 4.69. The van der Waals surface area contributed by atoms with Crippen molar-refractivity contribution in [3.63, 3.8) is 0 Å². The summed E-state index contributed by atoms with van der Waals surface area (Å²) in [5, 5.41) is 0. The molecule has 0 aliphatic heterocycles. The van der Waals surface area contributed by atoms with E-state index in [-0.39, 0.29) is 5.95 Å². The number of nitrogens with two attached hydrogens (primary N) is 3. The van der Waals surface area contributed by atoms with Gasteiger partial charge in [-0.2, -0.15) is 9.97 Å². The Kier molecular flexibility index (Phi) is 3.09. The third kappa shape index (κ3) is 2.63. The molecule has 2 rings (SSSR count). The molecular formula is C12H15N5. The van der Waals surface area contributed by atoms with Crippen molar-refractivity contribution in [2.75, 3.05) is 17.2 Å². The fraction of sp³-hybridized carbons (Fsp3) is 0.167. The van der Waals surface area contributed by atoms with Crippen LogP contribution in [0.2, 0.25) is 0 Å². The van der Waals surface area contributed by atoms with Gasteiger partial charge in [0, 0.05) is 5.56 Å². The maximum absolute atomic E-state index is 5.78. The topological polar surface area (TPSA) is 104 Å². The molecule has 0 radical (unpaired) electrons. The van der Waals surface area contributed by atoms with Crippen LogP contribution in [0.3, 0.4) is 0 Å². The van der Waals surface area contributed by atoms with Crippen LogP contribution in [-0.2, 0) is 12.8 Å². The van der Waals surface area contributed by atoms with E-state index in [1.165, 1.54) is 5.56 Å². The summed E-state index contributed by atoms with van der Waals surface area (Å²) in [5.74, 6) is 0.848. The van der Waals surface area contributed by atoms with Gasteiger partial charge in [-0.05, 0) is 18.4 Å². The van der Waals surface area contributed by atoms with Crippen LogP contribution in [0.1, 0.15) is 11.1 Å². The summed E-state index contributed by atoms with van der Waals surface area (Å²) in [4.78, 5) is 7.82. The normalized spacial score (nSPS) is 10.4. The highest BCUT2D eigenvalue weighted by atomic mass is 15.1. The molecule has 0 bridgehead atoms. The van der Waals surface area contributed by atoms with Gasteiger partial charge in [-0.1, -0.05) is 30.3 Å². The third-order valence-corrected chi connectivity index (χ3v) is 2.59. The highest BCUT2D eigenvalue weighted by Crippen LogP contribution is 2.18. The lowest BCUT2D eigenvalue weighted by atomic mass is 10.1. The Morgan fingerprint density at radius 2 is 1.41 bits per heavy atom. The summed E-state index contributed by atoms with van der Waals surface area (Å²) >= 11 is 0. The molecule has 0 amide bonds. The molecule has 0 spiro atoms. The highest BCUT2D eigenvalue weighted by molar-refractivity contribution is 5.55. The predicted octanol–water partition coefficient (Wildman–Crippen LogP) is 1.01. The Balaban J connectivity index is 2.15. The average Bonchev–Trinajstić information content (AvgIpc) is 2.29. The minimum absolute atomic E-state index is 0.114. The van der Waals surface area contributed by atoms with Gasteiger partial charge in [-0.15, -0.1) is 0 Å². The summed E-state index contributed by atoms with van der Waals surface area (Å²) in [6.45, 7) is 0. The van der Waals surface area contributed by atoms with Gasteiger partial charge in [-0.3, -0.25) is 0 Å². The van der Waals surface area contributed by atoms with E-state index in [0.29, 0.717) is 18.1 Å². The van der Waals surface area contributed by atoms with E-state index in [9.17, 15) is 0 Å². The molecule has 17 heavy (non-hydrogen) atoms. The molecule has 0 saturated heterocycles. The first-order valence-electron chi connectivity index (χ1n) is 5.38. The fourth-order valence-electron chi connectivity index (χ4n) is 1.71. The van der Waals surface area contributed by atoms with Crippen LogP contribution in [0.15, 0.2) is 30.3 Å². The first kappa shape index (κ1) is 11.2. The van der Waals surface area contributed by atoms with E-state index in [1.54, 1.807) is 0 Å². The molecule has 1 aromatic heterocycles. The van der Waals surface area contributed by atoms with Crippen LogP contribution in [0, 0.1) is 0 Å². The Labute approximate surface area is 99.7 Å². The van der Waals surface area contributed by atoms with Gasteiger partial charge in [-0.25, -0.2) is 0 Å². The maximum Gasteiger partial charge on any atom is 0.223 e. The zero-order valence-electron chi connectivity index (χ0n) is 9.43. The third-order valence-electron chi connectivity index (χ3n) is 2.59. The predicted molar refractivity (Wildman–Crippen MR) is 69.1 cm³/mol. The van der Waals surface area contributed by atoms with Crippen molar-refractivity contribution >= 4 is 17.6 Å². The first-order valence-corrected chi connectivity index (χ1v) is 5.38. The second-order valence-corrected chi connectivity index (χ2v) is 3.82. The summed E-state index contributed by atoms with van der Waals surface area (Å²) in [7, 11) is 0. The van der Waals surface area contributed by atoms with Crippen LogP contribution in [-0.4, -0.2) is 9.97 Å². The number of nitrogens with zero attached hydrogens (tertiary/aromatic N) is 2. The molecule has 0 aliphatic rings. The zero-order chi connectivity index (χ0) is 12.3. The van der Waals surface area contributed by atoms with Gasteiger partial charge < -0.3 is 17.2 Å². The zero-order valence-corrected chi connectivity index (χ0v) is 9.43. The van der Waals surface area contributed by atoms with E-state index in [0.717, 1.165) is 12.0 Å². The maximum atomic E-state index is 5.78. The molecule has 2 aromatic rings. The minimum Gasteiger partial charge on any atom is -0.383 e. The molecule has 5 heteroatoms. The summed E-state index contributed by atoms with van der Waals surface area (Å²) < 4.78 is 0. The van der Waals surface area contributed by atoms with Gasteiger partial charge in [0.05, 0.1) is 0 Å². The average molecular weight is 229 g/mol. The van der Waals surface area contributed by atoms with Crippen molar-refractivity contribution < 1.29 is 0 Å². The lowest BCUT2D eigenvalue weighted by Crippen LogP contribution is -2.09. The fourth-order valence-corrected chi connectivity index (χ4v) is 1.71.